The van der Waals surface area contributed by atoms with Crippen molar-refractivity contribution in [2.45, 2.75) is 13.3 Å². The first-order valence-corrected chi connectivity index (χ1v) is 4.30. The van der Waals surface area contributed by atoms with Gasteiger partial charge < -0.3 is 4.74 Å². The quantitative estimate of drug-likeness (QED) is 0.416. The highest BCUT2D eigenvalue weighted by Crippen LogP contribution is 2.06. The lowest BCUT2D eigenvalue weighted by Crippen LogP contribution is -2.09. The van der Waals surface area contributed by atoms with Gasteiger partial charge in [-0.05, 0) is 6.92 Å². The summed E-state index contributed by atoms with van der Waals surface area (Å²) < 4.78 is 4.41. The molecule has 0 unspecified atom stereocenters. The molecule has 0 fully saturated rings. The van der Waals surface area contributed by atoms with E-state index in [9.17, 15) is 9.59 Å². The average molecular weight is 192 g/mol. The lowest BCUT2D eigenvalue weighted by Gasteiger charge is -2.00. The number of carbonyl (C=O) groups is 2. The number of Topliss-reactive ketones (excluding diaryl/α,β-unsaturated/α-hetero) is 1. The monoisotopic (exact) mass is 192 g/mol. The lowest BCUT2D eigenvalue weighted by molar-refractivity contribution is -0.139. The maximum atomic E-state index is 11.4. The predicted octanol–water partition coefficient (Wildman–Crippen LogP) is 1.74. The van der Waals surface area contributed by atoms with Crippen molar-refractivity contribution in [1.82, 2.24) is 0 Å². The van der Waals surface area contributed by atoms with Crippen molar-refractivity contribution in [2.24, 2.45) is 0 Å². The normalized spacial score (nSPS) is 9.57. The van der Waals surface area contributed by atoms with Crippen LogP contribution in [0.3, 0.4) is 0 Å². The molecule has 1 aromatic carbocycles. The van der Waals surface area contributed by atoms with Gasteiger partial charge in [0.25, 0.3) is 0 Å². The molecular weight excluding hydrogens is 180 g/mol. The molecule has 0 amide bonds. The molecule has 0 aliphatic rings. The summed E-state index contributed by atoms with van der Waals surface area (Å²) in [6, 6.07) is 7.09. The van der Waals surface area contributed by atoms with Crippen LogP contribution in [0.2, 0.25) is 0 Å². The van der Waals surface area contributed by atoms with E-state index in [1.807, 2.05) is 19.1 Å². The molecule has 0 aromatic heterocycles. The summed E-state index contributed by atoms with van der Waals surface area (Å²) in [6.07, 6.45) is -0.195. The number of ketones is 1. The second kappa shape index (κ2) is 4.56. The van der Waals surface area contributed by atoms with E-state index in [1.165, 1.54) is 7.11 Å². The molecule has 14 heavy (non-hydrogen) atoms. The van der Waals surface area contributed by atoms with E-state index in [0.717, 1.165) is 5.56 Å². The van der Waals surface area contributed by atoms with Crippen LogP contribution in [0.15, 0.2) is 24.3 Å². The number of hydrogen-bond donors (Lipinski definition) is 0. The van der Waals surface area contributed by atoms with E-state index >= 15 is 0 Å². The minimum atomic E-state index is -0.504. The number of aryl methyl sites for hydroxylation is 1. The molecule has 0 spiro atoms. The smallest absolute Gasteiger partial charge is 0.313 e. The molecule has 0 radical (unpaired) electrons. The molecule has 0 atom stereocenters. The molecule has 0 saturated carbocycles. The largest absolute Gasteiger partial charge is 0.469 e. The number of carbonyl (C=O) groups excluding carboxylic acids is 2. The van der Waals surface area contributed by atoms with E-state index in [4.69, 9.17) is 0 Å². The fourth-order valence-corrected chi connectivity index (χ4v) is 1.04. The average Bonchev–Trinajstić information content (AvgIpc) is 2.18. The minimum Gasteiger partial charge on any atom is -0.469 e. The van der Waals surface area contributed by atoms with Crippen LogP contribution in [0, 0.1) is 6.92 Å². The van der Waals surface area contributed by atoms with Crippen LogP contribution >= 0.6 is 0 Å². The van der Waals surface area contributed by atoms with Crippen molar-refractivity contribution in [3.8, 4) is 0 Å². The zero-order valence-corrected chi connectivity index (χ0v) is 8.24. The Labute approximate surface area is 82.7 Å². The van der Waals surface area contributed by atoms with Crippen LogP contribution < -0.4 is 0 Å². The second-order valence-corrected chi connectivity index (χ2v) is 3.04. The van der Waals surface area contributed by atoms with Gasteiger partial charge in [-0.15, -0.1) is 0 Å². The van der Waals surface area contributed by atoms with Crippen molar-refractivity contribution in [3.63, 3.8) is 0 Å². The molecular formula is C11H12O3. The summed E-state index contributed by atoms with van der Waals surface area (Å²) in [5.74, 6) is -0.715. The van der Waals surface area contributed by atoms with Gasteiger partial charge in [0.05, 0.1) is 7.11 Å². The Hall–Kier alpha value is -1.64. The van der Waals surface area contributed by atoms with Crippen molar-refractivity contribution in [3.05, 3.63) is 35.4 Å². The van der Waals surface area contributed by atoms with Crippen LogP contribution in [0.25, 0.3) is 0 Å². The van der Waals surface area contributed by atoms with Crippen molar-refractivity contribution >= 4 is 11.8 Å². The Kier molecular flexibility index (Phi) is 3.40. The number of benzene rings is 1. The Bertz CT molecular complexity index is 338. The molecule has 3 nitrogen and oxygen atoms in total. The van der Waals surface area contributed by atoms with E-state index in [1.54, 1.807) is 12.1 Å². The number of methoxy groups -OCH3 is 1. The molecule has 0 aliphatic heterocycles. The maximum absolute atomic E-state index is 11.4. The molecule has 1 rings (SSSR count). The minimum absolute atomic E-state index is 0.195. The fraction of sp³-hybridized carbons (Fsp3) is 0.273. The fourth-order valence-electron chi connectivity index (χ4n) is 1.04. The Morgan fingerprint density at radius 2 is 1.79 bits per heavy atom. The molecule has 0 bridgehead atoms. The van der Waals surface area contributed by atoms with Gasteiger partial charge in [-0.3, -0.25) is 9.59 Å². The molecule has 1 aromatic rings. The zero-order chi connectivity index (χ0) is 10.6. The van der Waals surface area contributed by atoms with Gasteiger partial charge in [0.15, 0.2) is 5.78 Å². The summed E-state index contributed by atoms with van der Waals surface area (Å²) in [5.41, 5.74) is 1.63. The SMILES string of the molecule is COC(=O)CC(=O)c1ccc(C)cc1. The molecule has 0 heterocycles. The second-order valence-electron chi connectivity index (χ2n) is 3.04. The summed E-state index contributed by atoms with van der Waals surface area (Å²) in [6.45, 7) is 1.94. The number of hydrogen-bond acceptors (Lipinski definition) is 3. The lowest BCUT2D eigenvalue weighted by atomic mass is 10.1. The first kappa shape index (κ1) is 10.4. The van der Waals surface area contributed by atoms with Crippen molar-refractivity contribution in [1.29, 1.82) is 0 Å². The number of rotatable bonds is 3. The number of esters is 1. The van der Waals surface area contributed by atoms with E-state index in [2.05, 4.69) is 4.74 Å². The van der Waals surface area contributed by atoms with Gasteiger partial charge in [-0.1, -0.05) is 29.8 Å². The van der Waals surface area contributed by atoms with Crippen LogP contribution in [-0.2, 0) is 9.53 Å². The molecule has 0 N–H and O–H groups in total. The van der Waals surface area contributed by atoms with E-state index < -0.39 is 5.97 Å². The third-order valence-corrected chi connectivity index (χ3v) is 1.91. The third-order valence-electron chi connectivity index (χ3n) is 1.91. The van der Waals surface area contributed by atoms with Crippen LogP contribution in [0.5, 0.6) is 0 Å². The van der Waals surface area contributed by atoms with Gasteiger partial charge in [-0.25, -0.2) is 0 Å². The summed E-state index contributed by atoms with van der Waals surface area (Å²) in [4.78, 5) is 22.2. The Balaban J connectivity index is 2.70. The first-order valence-electron chi connectivity index (χ1n) is 4.30. The number of ether oxygens (including phenoxy) is 1. The van der Waals surface area contributed by atoms with Gasteiger partial charge in [0, 0.05) is 5.56 Å². The summed E-state index contributed by atoms with van der Waals surface area (Å²) in [7, 11) is 1.27. The highest BCUT2D eigenvalue weighted by atomic mass is 16.5. The van der Waals surface area contributed by atoms with Crippen LogP contribution in [0.4, 0.5) is 0 Å². The summed E-state index contributed by atoms with van der Waals surface area (Å²) in [5, 5.41) is 0. The molecule has 3 heteroatoms. The first-order chi connectivity index (χ1) is 6.63. The topological polar surface area (TPSA) is 43.4 Å². The van der Waals surface area contributed by atoms with Gasteiger partial charge in [0.1, 0.15) is 6.42 Å². The van der Waals surface area contributed by atoms with E-state index in [-0.39, 0.29) is 12.2 Å². The Morgan fingerprint density at radius 3 is 2.29 bits per heavy atom. The Morgan fingerprint density at radius 1 is 1.21 bits per heavy atom. The maximum Gasteiger partial charge on any atom is 0.313 e. The molecule has 0 saturated heterocycles. The standard InChI is InChI=1S/C11H12O3/c1-8-3-5-9(6-4-8)10(12)7-11(13)14-2/h3-6H,7H2,1-2H3. The van der Waals surface area contributed by atoms with Crippen LogP contribution in [-0.4, -0.2) is 18.9 Å². The predicted molar refractivity (Wildman–Crippen MR) is 52.1 cm³/mol. The molecule has 74 valence electrons. The summed E-state index contributed by atoms with van der Waals surface area (Å²) >= 11 is 0. The highest BCUT2D eigenvalue weighted by molar-refractivity contribution is 6.05. The van der Waals surface area contributed by atoms with Gasteiger partial charge in [-0.2, -0.15) is 0 Å². The third kappa shape index (κ3) is 2.69. The van der Waals surface area contributed by atoms with Gasteiger partial charge >= 0.3 is 5.97 Å². The van der Waals surface area contributed by atoms with Crippen molar-refractivity contribution < 1.29 is 14.3 Å². The van der Waals surface area contributed by atoms with E-state index in [0.29, 0.717) is 5.56 Å². The zero-order valence-electron chi connectivity index (χ0n) is 8.24. The van der Waals surface area contributed by atoms with Crippen LogP contribution in [0.1, 0.15) is 22.3 Å². The highest BCUT2D eigenvalue weighted by Gasteiger charge is 2.11. The molecule has 0 aliphatic carbocycles. The van der Waals surface area contributed by atoms with Gasteiger partial charge in [0.2, 0.25) is 0 Å². The van der Waals surface area contributed by atoms with Crippen molar-refractivity contribution in [2.75, 3.05) is 7.11 Å².